The van der Waals surface area contributed by atoms with Gasteiger partial charge < -0.3 is 4.90 Å². The van der Waals surface area contributed by atoms with Gasteiger partial charge in [0.2, 0.25) is 0 Å². The van der Waals surface area contributed by atoms with Gasteiger partial charge in [-0.1, -0.05) is 13.0 Å². The lowest BCUT2D eigenvalue weighted by atomic mass is 10.0. The largest absolute Gasteiger partial charge is 0.369 e. The number of rotatable bonds is 4. The predicted octanol–water partition coefficient (Wildman–Crippen LogP) is 3.09. The molecule has 0 atom stereocenters. The van der Waals surface area contributed by atoms with E-state index in [2.05, 4.69) is 41.8 Å². The van der Waals surface area contributed by atoms with Crippen molar-refractivity contribution in [3.05, 3.63) is 29.3 Å². The summed E-state index contributed by atoms with van der Waals surface area (Å²) in [6.07, 6.45) is 4.08. The number of hydrogen-bond acceptors (Lipinski definition) is 2. The first kappa shape index (κ1) is 13.0. The molecule has 1 aliphatic heterocycles. The average Bonchev–Trinajstić information content (AvgIpc) is 3.24. The molecule has 2 heteroatoms. The maximum absolute atomic E-state index is 2.66. The van der Waals surface area contributed by atoms with E-state index < -0.39 is 0 Å². The van der Waals surface area contributed by atoms with E-state index in [-0.39, 0.29) is 0 Å². The predicted molar refractivity (Wildman–Crippen MR) is 81.9 cm³/mol. The van der Waals surface area contributed by atoms with Crippen LogP contribution in [0.25, 0.3) is 0 Å². The molecule has 19 heavy (non-hydrogen) atoms. The molecular formula is C17H26N2. The van der Waals surface area contributed by atoms with Gasteiger partial charge in [-0.15, -0.1) is 0 Å². The first-order chi connectivity index (χ1) is 9.26. The Labute approximate surface area is 117 Å². The first-order valence-corrected chi connectivity index (χ1v) is 7.83. The molecule has 0 N–H and O–H groups in total. The molecule has 0 radical (unpaired) electrons. The molecule has 2 nitrogen and oxygen atoms in total. The van der Waals surface area contributed by atoms with Crippen LogP contribution in [0.2, 0.25) is 0 Å². The molecule has 3 rings (SSSR count). The Morgan fingerprint density at radius 1 is 1.11 bits per heavy atom. The van der Waals surface area contributed by atoms with E-state index in [0.29, 0.717) is 0 Å². The Morgan fingerprint density at radius 2 is 1.84 bits per heavy atom. The highest BCUT2D eigenvalue weighted by molar-refractivity contribution is 5.51. The van der Waals surface area contributed by atoms with Crippen molar-refractivity contribution >= 4 is 5.69 Å². The Kier molecular flexibility index (Phi) is 3.79. The van der Waals surface area contributed by atoms with Gasteiger partial charge in [-0.3, -0.25) is 4.90 Å². The molecule has 1 aromatic carbocycles. The van der Waals surface area contributed by atoms with E-state index in [1.807, 2.05) is 0 Å². The van der Waals surface area contributed by atoms with Crippen LogP contribution in [0.1, 0.15) is 30.9 Å². The summed E-state index contributed by atoms with van der Waals surface area (Å²) in [5.41, 5.74) is 4.35. The summed E-state index contributed by atoms with van der Waals surface area (Å²) in [4.78, 5) is 5.21. The molecule has 0 bridgehead atoms. The quantitative estimate of drug-likeness (QED) is 0.819. The summed E-state index contributed by atoms with van der Waals surface area (Å²) in [5.74, 6) is 1.03. The Morgan fingerprint density at radius 3 is 2.47 bits per heavy atom. The second kappa shape index (κ2) is 5.54. The molecule has 0 unspecified atom stereocenters. The van der Waals surface area contributed by atoms with E-state index >= 15 is 0 Å². The highest BCUT2D eigenvalue weighted by Gasteiger charge is 2.26. The minimum atomic E-state index is 1.03. The smallest absolute Gasteiger partial charge is 0.0370 e. The third kappa shape index (κ3) is 3.11. The number of anilines is 1. The molecule has 1 saturated heterocycles. The van der Waals surface area contributed by atoms with Crippen LogP contribution < -0.4 is 4.90 Å². The second-order valence-electron chi connectivity index (χ2n) is 6.20. The van der Waals surface area contributed by atoms with E-state index in [0.717, 1.165) is 12.3 Å². The van der Waals surface area contributed by atoms with Crippen LogP contribution in [-0.2, 0) is 6.42 Å². The third-order valence-electron chi connectivity index (χ3n) is 4.66. The van der Waals surface area contributed by atoms with Crippen LogP contribution >= 0.6 is 0 Å². The minimum absolute atomic E-state index is 1.03. The van der Waals surface area contributed by atoms with Gasteiger partial charge in [-0.25, -0.2) is 0 Å². The monoisotopic (exact) mass is 258 g/mol. The zero-order chi connectivity index (χ0) is 13.2. The van der Waals surface area contributed by atoms with Gasteiger partial charge in [0.05, 0.1) is 0 Å². The third-order valence-corrected chi connectivity index (χ3v) is 4.66. The molecule has 1 aromatic rings. The van der Waals surface area contributed by atoms with Gasteiger partial charge in [0.15, 0.2) is 0 Å². The van der Waals surface area contributed by atoms with Crippen LogP contribution in [0, 0.1) is 12.8 Å². The fraction of sp³-hybridized carbons (Fsp3) is 0.647. The van der Waals surface area contributed by atoms with Crippen LogP contribution in [0.4, 0.5) is 5.69 Å². The van der Waals surface area contributed by atoms with Gasteiger partial charge in [0.1, 0.15) is 0 Å². The van der Waals surface area contributed by atoms with Crippen LogP contribution in [0.5, 0.6) is 0 Å². The summed E-state index contributed by atoms with van der Waals surface area (Å²) >= 11 is 0. The van der Waals surface area contributed by atoms with Crippen molar-refractivity contribution in [2.75, 3.05) is 37.6 Å². The van der Waals surface area contributed by atoms with Gasteiger partial charge >= 0.3 is 0 Å². The van der Waals surface area contributed by atoms with Crippen LogP contribution in [-0.4, -0.2) is 37.6 Å². The summed E-state index contributed by atoms with van der Waals surface area (Å²) in [7, 11) is 0. The minimum Gasteiger partial charge on any atom is -0.369 e. The van der Waals surface area contributed by atoms with Crippen molar-refractivity contribution in [2.45, 2.75) is 33.1 Å². The molecule has 0 spiro atoms. The van der Waals surface area contributed by atoms with Crippen molar-refractivity contribution < 1.29 is 0 Å². The maximum Gasteiger partial charge on any atom is 0.0370 e. The van der Waals surface area contributed by atoms with E-state index in [1.165, 1.54) is 62.4 Å². The lowest BCUT2D eigenvalue weighted by Crippen LogP contribution is -2.47. The summed E-state index contributed by atoms with van der Waals surface area (Å²) in [6, 6.07) is 6.97. The van der Waals surface area contributed by atoms with Gasteiger partial charge in [0, 0.05) is 38.4 Å². The fourth-order valence-corrected chi connectivity index (χ4v) is 3.09. The van der Waals surface area contributed by atoms with Crippen molar-refractivity contribution in [1.82, 2.24) is 4.90 Å². The van der Waals surface area contributed by atoms with Gasteiger partial charge in [-0.2, -0.15) is 0 Å². The number of nitrogens with zero attached hydrogens (tertiary/aromatic N) is 2. The topological polar surface area (TPSA) is 6.48 Å². The Balaban J connectivity index is 1.60. The lowest BCUT2D eigenvalue weighted by Gasteiger charge is -2.36. The SMILES string of the molecule is CCc1cc(N2CCN(CC3CC3)CC2)ccc1C. The molecule has 0 aromatic heterocycles. The number of hydrogen-bond donors (Lipinski definition) is 0. The van der Waals surface area contributed by atoms with Gasteiger partial charge in [-0.05, 0) is 55.4 Å². The number of aryl methyl sites for hydroxylation is 2. The van der Waals surface area contributed by atoms with Crippen molar-refractivity contribution in [3.63, 3.8) is 0 Å². The highest BCUT2D eigenvalue weighted by atomic mass is 15.3. The summed E-state index contributed by atoms with van der Waals surface area (Å²) in [5, 5.41) is 0. The zero-order valence-electron chi connectivity index (χ0n) is 12.4. The molecule has 104 valence electrons. The average molecular weight is 258 g/mol. The molecular weight excluding hydrogens is 232 g/mol. The standard InChI is InChI=1S/C17H26N2/c1-3-16-12-17(7-4-14(16)2)19-10-8-18(9-11-19)13-15-5-6-15/h4,7,12,15H,3,5-6,8-11,13H2,1-2H3. The van der Waals surface area contributed by atoms with E-state index in [4.69, 9.17) is 0 Å². The number of benzene rings is 1. The Bertz CT molecular complexity index is 429. The van der Waals surface area contributed by atoms with Crippen molar-refractivity contribution in [2.24, 2.45) is 5.92 Å². The maximum atomic E-state index is 2.66. The molecule has 1 saturated carbocycles. The molecule has 2 aliphatic rings. The fourth-order valence-electron chi connectivity index (χ4n) is 3.09. The van der Waals surface area contributed by atoms with E-state index in [1.54, 1.807) is 0 Å². The normalized spacial score (nSPS) is 20.8. The molecule has 0 amide bonds. The summed E-state index contributed by atoms with van der Waals surface area (Å²) < 4.78 is 0. The highest BCUT2D eigenvalue weighted by Crippen LogP contribution is 2.30. The van der Waals surface area contributed by atoms with Gasteiger partial charge in [0.25, 0.3) is 0 Å². The molecule has 2 fully saturated rings. The zero-order valence-corrected chi connectivity index (χ0v) is 12.4. The lowest BCUT2D eigenvalue weighted by molar-refractivity contribution is 0.248. The van der Waals surface area contributed by atoms with Crippen molar-refractivity contribution in [3.8, 4) is 0 Å². The van der Waals surface area contributed by atoms with Crippen molar-refractivity contribution in [1.29, 1.82) is 0 Å². The summed E-state index contributed by atoms with van der Waals surface area (Å²) in [6.45, 7) is 10.7. The molecule has 1 heterocycles. The molecule has 1 aliphatic carbocycles. The van der Waals surface area contributed by atoms with Crippen LogP contribution in [0.15, 0.2) is 18.2 Å². The second-order valence-corrected chi connectivity index (χ2v) is 6.20. The number of piperazine rings is 1. The Hall–Kier alpha value is -1.02. The first-order valence-electron chi connectivity index (χ1n) is 7.83. The van der Waals surface area contributed by atoms with Crippen LogP contribution in [0.3, 0.4) is 0 Å². The van der Waals surface area contributed by atoms with E-state index in [9.17, 15) is 0 Å².